The van der Waals surface area contributed by atoms with Crippen LogP contribution >= 0.6 is 0 Å². The van der Waals surface area contributed by atoms with Crippen molar-refractivity contribution in [3.63, 3.8) is 0 Å². The predicted octanol–water partition coefficient (Wildman–Crippen LogP) is 2.17. The van der Waals surface area contributed by atoms with E-state index in [4.69, 9.17) is 9.47 Å². The van der Waals surface area contributed by atoms with E-state index in [1.165, 1.54) is 5.01 Å². The van der Waals surface area contributed by atoms with Crippen LogP contribution in [0.25, 0.3) is 0 Å². The van der Waals surface area contributed by atoms with Gasteiger partial charge in [0.2, 0.25) is 0 Å². The number of rotatable bonds is 9. The number of nitrogens with zero attached hydrogens (tertiary/aromatic N) is 7. The fourth-order valence-corrected chi connectivity index (χ4v) is 1.53. The Bertz CT molecular complexity index is 597. The molecule has 0 fully saturated rings. The van der Waals surface area contributed by atoms with Crippen LogP contribution in [0.15, 0.2) is 19.6 Å². The highest BCUT2D eigenvalue weighted by molar-refractivity contribution is 5.45. The highest BCUT2D eigenvalue weighted by Gasteiger charge is 2.19. The molecule has 0 aliphatic carbocycles. The first-order valence-electron chi connectivity index (χ1n) is 6.90. The van der Waals surface area contributed by atoms with Gasteiger partial charge in [-0.1, -0.05) is 12.1 Å². The van der Waals surface area contributed by atoms with Crippen LogP contribution in [0.3, 0.4) is 0 Å². The fourth-order valence-electron chi connectivity index (χ4n) is 1.53. The van der Waals surface area contributed by atoms with Crippen molar-refractivity contribution >= 4 is 11.6 Å². The van der Waals surface area contributed by atoms with Gasteiger partial charge in [-0.05, 0) is 40.9 Å². The first kappa shape index (κ1) is 15.7. The lowest BCUT2D eigenvalue weighted by Crippen LogP contribution is -2.17. The SMILES string of the molecule is CCCN(N=Nc1nonc1OCC)c1nonc1OCC. The average Bonchev–Trinajstić information content (AvgIpc) is 3.14. The van der Waals surface area contributed by atoms with Gasteiger partial charge >= 0.3 is 11.8 Å². The number of aromatic nitrogens is 4. The monoisotopic (exact) mass is 311 g/mol. The van der Waals surface area contributed by atoms with E-state index in [-0.39, 0.29) is 17.6 Å². The zero-order chi connectivity index (χ0) is 15.8. The number of anilines is 1. The van der Waals surface area contributed by atoms with Gasteiger partial charge in [-0.25, -0.2) is 14.3 Å². The average molecular weight is 311 g/mol. The number of hydrogen-bond donors (Lipinski definition) is 0. The summed E-state index contributed by atoms with van der Waals surface area (Å²) in [5, 5.41) is 24.2. The summed E-state index contributed by atoms with van der Waals surface area (Å²) in [5.74, 6) is 0.892. The minimum Gasteiger partial charge on any atom is -0.473 e. The van der Waals surface area contributed by atoms with Crippen LogP contribution in [0.5, 0.6) is 11.8 Å². The van der Waals surface area contributed by atoms with Gasteiger partial charge in [-0.15, -0.1) is 5.11 Å². The molecule has 22 heavy (non-hydrogen) atoms. The van der Waals surface area contributed by atoms with Gasteiger partial charge in [0.25, 0.3) is 11.6 Å². The Kier molecular flexibility index (Phi) is 5.63. The van der Waals surface area contributed by atoms with Crippen LogP contribution < -0.4 is 14.5 Å². The summed E-state index contributed by atoms with van der Waals surface area (Å²) in [6.07, 6.45) is 0.798. The highest BCUT2D eigenvalue weighted by Crippen LogP contribution is 2.27. The minimum absolute atomic E-state index is 0.136. The Morgan fingerprint density at radius 3 is 2.36 bits per heavy atom. The van der Waals surface area contributed by atoms with E-state index in [0.717, 1.165) is 6.42 Å². The summed E-state index contributed by atoms with van der Waals surface area (Å²) in [4.78, 5) is 0. The smallest absolute Gasteiger partial charge is 0.304 e. The van der Waals surface area contributed by atoms with Crippen LogP contribution in [-0.2, 0) is 0 Å². The van der Waals surface area contributed by atoms with Crippen molar-refractivity contribution in [3.8, 4) is 11.8 Å². The summed E-state index contributed by atoms with van der Waals surface area (Å²) in [6.45, 7) is 7.01. The van der Waals surface area contributed by atoms with Crippen molar-refractivity contribution in [2.75, 3.05) is 24.8 Å². The second kappa shape index (κ2) is 7.90. The van der Waals surface area contributed by atoms with Crippen molar-refractivity contribution in [1.82, 2.24) is 20.6 Å². The maximum atomic E-state index is 5.32. The highest BCUT2D eigenvalue weighted by atomic mass is 16.6. The lowest BCUT2D eigenvalue weighted by molar-refractivity contribution is 0.264. The maximum absolute atomic E-state index is 5.32. The van der Waals surface area contributed by atoms with Crippen LogP contribution in [0, 0.1) is 0 Å². The molecule has 0 amide bonds. The maximum Gasteiger partial charge on any atom is 0.304 e. The molecule has 0 aliphatic rings. The van der Waals surface area contributed by atoms with E-state index in [1.54, 1.807) is 0 Å². The molecule has 2 aromatic rings. The number of hydrogen-bond acceptors (Lipinski definition) is 10. The molecule has 0 N–H and O–H groups in total. The Balaban J connectivity index is 2.19. The summed E-state index contributed by atoms with van der Waals surface area (Å²) in [7, 11) is 0. The molecule has 0 aromatic carbocycles. The molecular weight excluding hydrogens is 294 g/mol. The third-order valence-corrected chi connectivity index (χ3v) is 2.37. The molecule has 0 saturated carbocycles. The molecule has 0 radical (unpaired) electrons. The largest absolute Gasteiger partial charge is 0.473 e. The van der Waals surface area contributed by atoms with Gasteiger partial charge < -0.3 is 9.47 Å². The van der Waals surface area contributed by atoms with Gasteiger partial charge in [0.1, 0.15) is 0 Å². The quantitative estimate of drug-likeness (QED) is 0.506. The molecule has 11 nitrogen and oxygen atoms in total. The van der Waals surface area contributed by atoms with Crippen molar-refractivity contribution < 1.29 is 18.7 Å². The van der Waals surface area contributed by atoms with Crippen LogP contribution in [0.1, 0.15) is 27.2 Å². The van der Waals surface area contributed by atoms with E-state index in [1.807, 2.05) is 20.8 Å². The standard InChI is InChI=1S/C11H17N7O4/c1-4-7-18(9-11(20-6-3)16-22-14-9)17-12-8-10(19-5-2)15-21-13-8/h4-7H2,1-3H3. The van der Waals surface area contributed by atoms with E-state index in [9.17, 15) is 0 Å². The first-order valence-corrected chi connectivity index (χ1v) is 6.90. The summed E-state index contributed by atoms with van der Waals surface area (Å²) in [6, 6.07) is 0. The topological polar surface area (TPSA) is 124 Å². The second-order valence-electron chi connectivity index (χ2n) is 3.96. The number of ether oxygens (including phenoxy) is 2. The predicted molar refractivity (Wildman–Crippen MR) is 73.1 cm³/mol. The van der Waals surface area contributed by atoms with Crippen molar-refractivity contribution in [2.24, 2.45) is 10.3 Å². The van der Waals surface area contributed by atoms with E-state index in [2.05, 4.69) is 40.2 Å². The zero-order valence-electron chi connectivity index (χ0n) is 12.6. The molecule has 0 unspecified atom stereocenters. The van der Waals surface area contributed by atoms with Gasteiger partial charge in [0.05, 0.1) is 13.2 Å². The third kappa shape index (κ3) is 3.68. The molecule has 0 atom stereocenters. The molecule has 2 heterocycles. The molecule has 0 saturated heterocycles. The van der Waals surface area contributed by atoms with Gasteiger partial charge in [0.15, 0.2) is 0 Å². The Morgan fingerprint density at radius 1 is 0.955 bits per heavy atom. The molecule has 2 rings (SSSR count). The molecule has 11 heteroatoms. The van der Waals surface area contributed by atoms with E-state index < -0.39 is 0 Å². The van der Waals surface area contributed by atoms with Crippen LogP contribution in [0.2, 0.25) is 0 Å². The summed E-state index contributed by atoms with van der Waals surface area (Å²) in [5.41, 5.74) is 0. The van der Waals surface area contributed by atoms with Gasteiger partial charge in [0, 0.05) is 6.54 Å². The van der Waals surface area contributed by atoms with Crippen molar-refractivity contribution in [1.29, 1.82) is 0 Å². The summed E-state index contributed by atoms with van der Waals surface area (Å²) < 4.78 is 19.8. The molecule has 0 spiro atoms. The van der Waals surface area contributed by atoms with Crippen LogP contribution in [-0.4, -0.2) is 40.4 Å². The Hall–Kier alpha value is -2.72. The molecule has 120 valence electrons. The van der Waals surface area contributed by atoms with Crippen molar-refractivity contribution in [2.45, 2.75) is 27.2 Å². The first-order chi connectivity index (χ1) is 10.8. The minimum atomic E-state index is 0.136. The molecule has 2 aromatic heterocycles. The zero-order valence-corrected chi connectivity index (χ0v) is 12.6. The van der Waals surface area contributed by atoms with E-state index >= 15 is 0 Å². The van der Waals surface area contributed by atoms with Gasteiger partial charge in [-0.2, -0.15) is 0 Å². The second-order valence-corrected chi connectivity index (χ2v) is 3.96. The van der Waals surface area contributed by atoms with Gasteiger partial charge in [-0.3, -0.25) is 0 Å². The normalized spacial score (nSPS) is 11.0. The lowest BCUT2D eigenvalue weighted by Gasteiger charge is -2.12. The van der Waals surface area contributed by atoms with E-state index in [0.29, 0.717) is 25.6 Å². The molecular formula is C11H17N7O4. The molecule has 0 aliphatic heterocycles. The third-order valence-electron chi connectivity index (χ3n) is 2.37. The van der Waals surface area contributed by atoms with Crippen molar-refractivity contribution in [3.05, 3.63) is 0 Å². The summed E-state index contributed by atoms with van der Waals surface area (Å²) >= 11 is 0. The Morgan fingerprint density at radius 2 is 1.64 bits per heavy atom. The fraction of sp³-hybridized carbons (Fsp3) is 0.636. The van der Waals surface area contributed by atoms with Crippen LogP contribution in [0.4, 0.5) is 11.6 Å². The lowest BCUT2D eigenvalue weighted by atomic mass is 10.4. The molecule has 0 bridgehead atoms. The Labute approximate surface area is 126 Å².